The Morgan fingerprint density at radius 3 is 2.50 bits per heavy atom. The monoisotopic (exact) mass is 510 g/mol. The number of rotatable bonds is 8. The highest BCUT2D eigenvalue weighted by Gasteiger charge is 2.23. The third kappa shape index (κ3) is 5.15. The van der Waals surface area contributed by atoms with Crippen LogP contribution < -0.4 is 19.1 Å². The maximum absolute atomic E-state index is 13.1. The molecular formula is C25H22N2O8S. The zero-order valence-corrected chi connectivity index (χ0v) is 20.2. The zero-order valence-electron chi connectivity index (χ0n) is 19.4. The molecule has 11 heteroatoms. The van der Waals surface area contributed by atoms with Crippen molar-refractivity contribution in [2.24, 2.45) is 0 Å². The second kappa shape index (κ2) is 10.1. The molecule has 0 unspecified atom stereocenters. The van der Waals surface area contributed by atoms with Gasteiger partial charge in [0, 0.05) is 12.6 Å². The first kappa shape index (κ1) is 24.7. The first-order valence-corrected chi connectivity index (χ1v) is 12.1. The molecule has 3 aromatic carbocycles. The number of carbonyl (C=O) groups excluding carboxylic acids is 3. The summed E-state index contributed by atoms with van der Waals surface area (Å²) in [5, 5.41) is 2.60. The molecule has 1 heterocycles. The quantitative estimate of drug-likeness (QED) is 0.362. The Kier molecular flexibility index (Phi) is 6.93. The molecule has 0 bridgehead atoms. The molecule has 1 N–H and O–H groups in total. The lowest BCUT2D eigenvalue weighted by molar-refractivity contribution is -0.118. The summed E-state index contributed by atoms with van der Waals surface area (Å²) < 4.78 is 42.8. The van der Waals surface area contributed by atoms with Gasteiger partial charge >= 0.3 is 5.97 Å². The van der Waals surface area contributed by atoms with Gasteiger partial charge in [0.05, 0.1) is 28.9 Å². The van der Waals surface area contributed by atoms with E-state index in [9.17, 15) is 22.8 Å². The number of hydrogen-bond acceptors (Lipinski definition) is 8. The number of ketones is 1. The fraction of sp³-hybridized carbons (Fsp3) is 0.160. The number of amides is 1. The number of fused-ring (bicyclic) bond motifs is 1. The average molecular weight is 511 g/mol. The predicted molar refractivity (Wildman–Crippen MR) is 130 cm³/mol. The van der Waals surface area contributed by atoms with E-state index in [2.05, 4.69) is 5.32 Å². The number of nitrogens with zero attached hydrogens (tertiary/aromatic N) is 1. The van der Waals surface area contributed by atoms with E-state index in [4.69, 9.17) is 14.2 Å². The van der Waals surface area contributed by atoms with Crippen LogP contribution in [0.5, 0.6) is 11.5 Å². The van der Waals surface area contributed by atoms with E-state index in [1.54, 1.807) is 24.3 Å². The summed E-state index contributed by atoms with van der Waals surface area (Å²) in [6.45, 7) is -0.683. The van der Waals surface area contributed by atoms with Gasteiger partial charge in [-0.2, -0.15) is 0 Å². The molecule has 10 nitrogen and oxygen atoms in total. The number of benzene rings is 3. The van der Waals surface area contributed by atoms with Crippen LogP contribution in [0.2, 0.25) is 0 Å². The topological polar surface area (TPSA) is 128 Å². The molecule has 0 saturated carbocycles. The lowest BCUT2D eigenvalue weighted by Gasteiger charge is -2.20. The third-order valence-electron chi connectivity index (χ3n) is 5.43. The standard InChI is InChI=1S/C25H22N2O8S/c1-27(18-7-9-19(33-2)10-8-18)36(31,32)20-5-3-4-17(12-20)25(30)35-14-22(28)16-6-11-23-21(13-16)26-24(29)15-34-23/h3-13H,14-15H2,1-2H3,(H,26,29). The Morgan fingerprint density at radius 2 is 1.78 bits per heavy atom. The number of sulfonamides is 1. The molecule has 1 amide bonds. The summed E-state index contributed by atoms with van der Waals surface area (Å²) in [4.78, 5) is 36.5. The summed E-state index contributed by atoms with van der Waals surface area (Å²) in [7, 11) is -1.08. The number of nitrogens with one attached hydrogen (secondary N) is 1. The van der Waals surface area contributed by atoms with Gasteiger partial charge in [-0.05, 0) is 60.7 Å². The van der Waals surface area contributed by atoms with Gasteiger partial charge in [-0.1, -0.05) is 6.07 Å². The van der Waals surface area contributed by atoms with E-state index in [1.807, 2.05) is 0 Å². The third-order valence-corrected chi connectivity index (χ3v) is 7.21. The average Bonchev–Trinajstić information content (AvgIpc) is 2.90. The van der Waals surface area contributed by atoms with Crippen LogP contribution >= 0.6 is 0 Å². The van der Waals surface area contributed by atoms with Crippen molar-refractivity contribution < 1.29 is 37.0 Å². The molecule has 36 heavy (non-hydrogen) atoms. The summed E-state index contributed by atoms with van der Waals surface area (Å²) in [5.74, 6) is -0.694. The minimum atomic E-state index is -3.98. The van der Waals surface area contributed by atoms with Gasteiger partial charge in [-0.3, -0.25) is 13.9 Å². The fourth-order valence-electron chi connectivity index (χ4n) is 3.43. The van der Waals surface area contributed by atoms with Crippen LogP contribution in [0.25, 0.3) is 0 Å². The Bertz CT molecular complexity index is 1430. The highest BCUT2D eigenvalue weighted by Crippen LogP contribution is 2.29. The minimum Gasteiger partial charge on any atom is -0.497 e. The smallest absolute Gasteiger partial charge is 0.338 e. The predicted octanol–water partition coefficient (Wildman–Crippen LogP) is 2.89. The van der Waals surface area contributed by atoms with Crippen molar-refractivity contribution in [2.45, 2.75) is 4.90 Å². The molecule has 0 fully saturated rings. The first-order chi connectivity index (χ1) is 17.2. The van der Waals surface area contributed by atoms with Crippen molar-refractivity contribution >= 4 is 39.1 Å². The minimum absolute atomic E-state index is 0.0295. The Balaban J connectivity index is 1.45. The Morgan fingerprint density at radius 1 is 1.03 bits per heavy atom. The lowest BCUT2D eigenvalue weighted by Crippen LogP contribution is -2.26. The van der Waals surface area contributed by atoms with Crippen molar-refractivity contribution in [3.05, 3.63) is 77.9 Å². The number of anilines is 2. The normalized spacial score (nSPS) is 12.6. The van der Waals surface area contributed by atoms with Crippen LogP contribution in [0.15, 0.2) is 71.6 Å². The van der Waals surface area contributed by atoms with Crippen molar-refractivity contribution in [1.82, 2.24) is 0 Å². The molecule has 0 aliphatic carbocycles. The van der Waals surface area contributed by atoms with Crippen LogP contribution in [0, 0.1) is 0 Å². The molecule has 4 rings (SSSR count). The number of Topliss-reactive ketones (excluding diaryl/α,β-unsaturated/α-hetero) is 1. The molecule has 0 spiro atoms. The molecule has 186 valence electrons. The number of ether oxygens (including phenoxy) is 3. The fourth-order valence-corrected chi connectivity index (χ4v) is 4.67. The number of carbonyl (C=O) groups is 3. The second-order valence-corrected chi connectivity index (χ2v) is 9.71. The van der Waals surface area contributed by atoms with Crippen LogP contribution in [0.1, 0.15) is 20.7 Å². The first-order valence-electron chi connectivity index (χ1n) is 10.7. The van der Waals surface area contributed by atoms with Crippen LogP contribution in [0.4, 0.5) is 11.4 Å². The van der Waals surface area contributed by atoms with Crippen LogP contribution in [-0.4, -0.2) is 53.4 Å². The maximum Gasteiger partial charge on any atom is 0.338 e. The van der Waals surface area contributed by atoms with Crippen LogP contribution in [0.3, 0.4) is 0 Å². The van der Waals surface area contributed by atoms with Gasteiger partial charge < -0.3 is 19.5 Å². The molecule has 1 aliphatic rings. The summed E-state index contributed by atoms with van der Waals surface area (Å²) in [6, 6.07) is 16.3. The van der Waals surface area contributed by atoms with Gasteiger partial charge in [-0.25, -0.2) is 13.2 Å². The van der Waals surface area contributed by atoms with E-state index in [-0.39, 0.29) is 28.5 Å². The molecule has 1 aliphatic heterocycles. The van der Waals surface area contributed by atoms with Crippen LogP contribution in [-0.2, 0) is 19.6 Å². The molecule has 0 atom stereocenters. The number of hydrogen-bond donors (Lipinski definition) is 1. The van der Waals surface area contributed by atoms with Crippen molar-refractivity contribution in [3.8, 4) is 11.5 Å². The molecular weight excluding hydrogens is 488 g/mol. The van der Waals surface area contributed by atoms with Crippen molar-refractivity contribution in [2.75, 3.05) is 37.0 Å². The SMILES string of the molecule is COc1ccc(N(C)S(=O)(=O)c2cccc(C(=O)OCC(=O)c3ccc4c(c3)NC(=O)CO4)c2)cc1. The molecule has 3 aromatic rings. The van der Waals surface area contributed by atoms with Crippen molar-refractivity contribution in [3.63, 3.8) is 0 Å². The Labute approximate surface area is 207 Å². The van der Waals surface area contributed by atoms with Gasteiger partial charge in [-0.15, -0.1) is 0 Å². The Hall–Kier alpha value is -4.38. The van der Waals surface area contributed by atoms with E-state index in [0.29, 0.717) is 22.9 Å². The van der Waals surface area contributed by atoms with E-state index >= 15 is 0 Å². The lowest BCUT2D eigenvalue weighted by atomic mass is 10.1. The zero-order chi connectivity index (χ0) is 25.9. The van der Waals surface area contributed by atoms with Gasteiger partial charge in [0.1, 0.15) is 11.5 Å². The second-order valence-electron chi connectivity index (χ2n) is 7.75. The highest BCUT2D eigenvalue weighted by molar-refractivity contribution is 7.92. The van der Waals surface area contributed by atoms with E-state index in [0.717, 1.165) is 4.31 Å². The van der Waals surface area contributed by atoms with E-state index < -0.39 is 28.4 Å². The molecule has 0 saturated heterocycles. The van der Waals surface area contributed by atoms with E-state index in [1.165, 1.54) is 56.6 Å². The molecule has 0 radical (unpaired) electrons. The number of methoxy groups -OCH3 is 1. The highest BCUT2D eigenvalue weighted by atomic mass is 32.2. The van der Waals surface area contributed by atoms with Gasteiger partial charge in [0.15, 0.2) is 19.0 Å². The molecule has 0 aromatic heterocycles. The number of esters is 1. The van der Waals surface area contributed by atoms with Crippen molar-refractivity contribution in [1.29, 1.82) is 0 Å². The van der Waals surface area contributed by atoms with Gasteiger partial charge in [0.25, 0.3) is 15.9 Å². The van der Waals surface area contributed by atoms with Gasteiger partial charge in [0.2, 0.25) is 0 Å². The summed E-state index contributed by atoms with van der Waals surface area (Å²) >= 11 is 0. The summed E-state index contributed by atoms with van der Waals surface area (Å²) in [6.07, 6.45) is 0. The largest absolute Gasteiger partial charge is 0.497 e. The summed E-state index contributed by atoms with van der Waals surface area (Å²) in [5.41, 5.74) is 0.936. The maximum atomic E-state index is 13.1.